The number of amides is 1. The van der Waals surface area contributed by atoms with Crippen molar-refractivity contribution >= 4 is 27.8 Å². The third kappa shape index (κ3) is 3.20. The van der Waals surface area contributed by atoms with Gasteiger partial charge in [-0.2, -0.15) is 0 Å². The molecule has 1 aromatic carbocycles. The second-order valence-corrected chi connectivity index (χ2v) is 6.34. The fourth-order valence-electron chi connectivity index (χ4n) is 2.60. The van der Waals surface area contributed by atoms with E-state index in [2.05, 4.69) is 21.2 Å². The fraction of sp³-hybridized carbons (Fsp3) is 0.467. The zero-order chi connectivity index (χ0) is 14.8. The lowest BCUT2D eigenvalue weighted by Gasteiger charge is -2.40. The molecule has 5 heteroatoms. The van der Waals surface area contributed by atoms with Gasteiger partial charge in [0.2, 0.25) is 0 Å². The monoisotopic (exact) mass is 339 g/mol. The zero-order valence-electron chi connectivity index (χ0n) is 11.4. The van der Waals surface area contributed by atoms with E-state index in [4.69, 9.17) is 5.11 Å². The van der Waals surface area contributed by atoms with Crippen LogP contribution in [0.25, 0.3) is 0 Å². The van der Waals surface area contributed by atoms with Crippen LogP contribution in [0.1, 0.15) is 41.6 Å². The Balaban J connectivity index is 2.01. The van der Waals surface area contributed by atoms with Crippen molar-refractivity contribution in [1.29, 1.82) is 0 Å². The van der Waals surface area contributed by atoms with Crippen molar-refractivity contribution in [1.82, 2.24) is 5.32 Å². The van der Waals surface area contributed by atoms with Crippen molar-refractivity contribution in [3.63, 3.8) is 0 Å². The van der Waals surface area contributed by atoms with E-state index in [0.29, 0.717) is 12.1 Å². The first-order valence-electron chi connectivity index (χ1n) is 6.69. The number of benzene rings is 1. The van der Waals surface area contributed by atoms with Crippen molar-refractivity contribution in [3.8, 4) is 0 Å². The summed E-state index contributed by atoms with van der Waals surface area (Å²) in [7, 11) is 0. The van der Waals surface area contributed by atoms with E-state index in [-0.39, 0.29) is 17.7 Å². The quantitative estimate of drug-likeness (QED) is 0.865. The molecule has 0 aliphatic heterocycles. The van der Waals surface area contributed by atoms with Gasteiger partial charge in [-0.3, -0.25) is 9.59 Å². The van der Waals surface area contributed by atoms with Crippen molar-refractivity contribution in [2.75, 3.05) is 6.54 Å². The van der Waals surface area contributed by atoms with Crippen LogP contribution in [0.15, 0.2) is 22.7 Å². The van der Waals surface area contributed by atoms with Gasteiger partial charge in [0.15, 0.2) is 0 Å². The van der Waals surface area contributed by atoms with Crippen LogP contribution in [0.4, 0.5) is 0 Å². The number of hydrogen-bond donors (Lipinski definition) is 2. The van der Waals surface area contributed by atoms with Crippen LogP contribution >= 0.6 is 15.9 Å². The molecule has 0 unspecified atom stereocenters. The van der Waals surface area contributed by atoms with Gasteiger partial charge >= 0.3 is 5.97 Å². The Labute approximate surface area is 126 Å². The Kier molecular flexibility index (Phi) is 4.48. The smallest absolute Gasteiger partial charge is 0.303 e. The van der Waals surface area contributed by atoms with Gasteiger partial charge in [-0.1, -0.05) is 18.6 Å². The molecular weight excluding hydrogens is 322 g/mol. The average Bonchev–Trinajstić information content (AvgIpc) is 2.35. The van der Waals surface area contributed by atoms with Crippen molar-refractivity contribution in [3.05, 3.63) is 33.8 Å². The van der Waals surface area contributed by atoms with E-state index < -0.39 is 5.97 Å². The molecule has 20 heavy (non-hydrogen) atoms. The molecule has 0 bridgehead atoms. The second-order valence-electron chi connectivity index (χ2n) is 5.54. The van der Waals surface area contributed by atoms with Crippen LogP contribution in [0.5, 0.6) is 0 Å². The number of hydrogen-bond acceptors (Lipinski definition) is 2. The van der Waals surface area contributed by atoms with Crippen LogP contribution < -0.4 is 5.32 Å². The van der Waals surface area contributed by atoms with Gasteiger partial charge in [-0.05, 0) is 52.7 Å². The summed E-state index contributed by atoms with van der Waals surface area (Å²) < 4.78 is 0.790. The largest absolute Gasteiger partial charge is 0.481 e. The van der Waals surface area contributed by atoms with E-state index in [1.54, 1.807) is 6.07 Å². The molecular formula is C15H18BrNO3. The van der Waals surface area contributed by atoms with Gasteiger partial charge in [-0.15, -0.1) is 0 Å². The number of rotatable bonds is 5. The zero-order valence-corrected chi connectivity index (χ0v) is 13.0. The first-order valence-corrected chi connectivity index (χ1v) is 7.48. The maximum atomic E-state index is 12.2. The molecule has 0 radical (unpaired) electrons. The third-order valence-electron chi connectivity index (χ3n) is 4.00. The highest BCUT2D eigenvalue weighted by Crippen LogP contribution is 2.43. The van der Waals surface area contributed by atoms with Gasteiger partial charge < -0.3 is 10.4 Å². The highest BCUT2D eigenvalue weighted by molar-refractivity contribution is 9.10. The van der Waals surface area contributed by atoms with Crippen LogP contribution in [0, 0.1) is 12.3 Å². The van der Waals surface area contributed by atoms with Gasteiger partial charge in [0.1, 0.15) is 0 Å². The number of carboxylic acids is 1. The number of carbonyl (C=O) groups excluding carboxylic acids is 1. The molecule has 2 N–H and O–H groups in total. The van der Waals surface area contributed by atoms with Crippen LogP contribution in [0.3, 0.4) is 0 Å². The molecule has 0 heterocycles. The SMILES string of the molecule is Cc1cccc(C(=O)NCC2(CC(=O)O)CCC2)c1Br. The molecule has 0 atom stereocenters. The van der Waals surface area contributed by atoms with Gasteiger partial charge in [0.25, 0.3) is 5.91 Å². The summed E-state index contributed by atoms with van der Waals surface area (Å²) in [6.07, 6.45) is 2.91. The molecule has 1 aromatic rings. The summed E-state index contributed by atoms with van der Waals surface area (Å²) in [6, 6.07) is 5.53. The van der Waals surface area contributed by atoms with Crippen molar-refractivity contribution < 1.29 is 14.7 Å². The molecule has 2 rings (SSSR count). The molecule has 0 saturated heterocycles. The average molecular weight is 340 g/mol. The third-order valence-corrected chi connectivity index (χ3v) is 5.05. The molecule has 0 spiro atoms. The molecule has 108 valence electrons. The molecule has 4 nitrogen and oxygen atoms in total. The minimum absolute atomic E-state index is 0.127. The van der Waals surface area contributed by atoms with E-state index in [1.165, 1.54) is 0 Å². The Hall–Kier alpha value is -1.36. The summed E-state index contributed by atoms with van der Waals surface area (Å²) in [5.41, 5.74) is 1.34. The summed E-state index contributed by atoms with van der Waals surface area (Å²) in [4.78, 5) is 23.1. The highest BCUT2D eigenvalue weighted by Gasteiger charge is 2.39. The van der Waals surface area contributed by atoms with Gasteiger partial charge in [-0.25, -0.2) is 0 Å². The number of aliphatic carboxylic acids is 1. The normalized spacial score (nSPS) is 16.3. The fourth-order valence-corrected chi connectivity index (χ4v) is 3.04. The number of aryl methyl sites for hydroxylation is 1. The molecule has 1 aliphatic rings. The standard InChI is InChI=1S/C15H18BrNO3/c1-10-4-2-5-11(13(10)16)14(20)17-9-15(6-3-7-15)8-12(18)19/h2,4-5H,3,6-9H2,1H3,(H,17,20)(H,18,19). The Morgan fingerprint density at radius 2 is 2.10 bits per heavy atom. The number of carbonyl (C=O) groups is 2. The molecule has 1 amide bonds. The van der Waals surface area contributed by atoms with Crippen molar-refractivity contribution in [2.24, 2.45) is 5.41 Å². The van der Waals surface area contributed by atoms with E-state index in [9.17, 15) is 9.59 Å². The first-order chi connectivity index (χ1) is 9.43. The summed E-state index contributed by atoms with van der Waals surface area (Å²) >= 11 is 3.42. The van der Waals surface area contributed by atoms with E-state index >= 15 is 0 Å². The number of carboxylic acid groups (broad SMARTS) is 1. The highest BCUT2D eigenvalue weighted by atomic mass is 79.9. The summed E-state index contributed by atoms with van der Waals surface area (Å²) in [6.45, 7) is 2.36. The minimum atomic E-state index is -0.796. The Bertz CT molecular complexity index is 538. The minimum Gasteiger partial charge on any atom is -0.481 e. The van der Waals surface area contributed by atoms with Crippen LogP contribution in [0.2, 0.25) is 0 Å². The second kappa shape index (κ2) is 5.95. The lowest BCUT2D eigenvalue weighted by atomic mass is 9.66. The lowest BCUT2D eigenvalue weighted by Crippen LogP contribution is -2.43. The maximum absolute atomic E-state index is 12.2. The summed E-state index contributed by atoms with van der Waals surface area (Å²) in [5, 5.41) is 11.8. The molecule has 1 saturated carbocycles. The van der Waals surface area contributed by atoms with E-state index in [0.717, 1.165) is 29.3 Å². The van der Waals surface area contributed by atoms with E-state index in [1.807, 2.05) is 19.1 Å². The topological polar surface area (TPSA) is 66.4 Å². The predicted molar refractivity (Wildman–Crippen MR) is 79.7 cm³/mol. The molecule has 0 aromatic heterocycles. The Morgan fingerprint density at radius 1 is 1.40 bits per heavy atom. The number of nitrogens with one attached hydrogen (secondary N) is 1. The first kappa shape index (κ1) is 15.0. The lowest BCUT2D eigenvalue weighted by molar-refractivity contribution is -0.141. The Morgan fingerprint density at radius 3 is 2.65 bits per heavy atom. The molecule has 1 fully saturated rings. The van der Waals surface area contributed by atoms with Crippen molar-refractivity contribution in [2.45, 2.75) is 32.6 Å². The van der Waals surface area contributed by atoms with Gasteiger partial charge in [0.05, 0.1) is 12.0 Å². The van der Waals surface area contributed by atoms with Crippen LogP contribution in [-0.2, 0) is 4.79 Å². The number of halogens is 1. The van der Waals surface area contributed by atoms with Crippen LogP contribution in [-0.4, -0.2) is 23.5 Å². The molecule has 1 aliphatic carbocycles. The maximum Gasteiger partial charge on any atom is 0.303 e. The predicted octanol–water partition coefficient (Wildman–Crippen LogP) is 3.13. The summed E-state index contributed by atoms with van der Waals surface area (Å²) in [5.74, 6) is -0.951. The van der Waals surface area contributed by atoms with Gasteiger partial charge in [0, 0.05) is 11.0 Å².